The molecule has 4 aromatic heterocycles. The van der Waals surface area contributed by atoms with Crippen LogP contribution in [0.4, 0.5) is 4.39 Å². The second kappa shape index (κ2) is 9.09. The fourth-order valence-corrected chi connectivity index (χ4v) is 4.00. The molecule has 0 fully saturated rings. The van der Waals surface area contributed by atoms with Gasteiger partial charge >= 0.3 is 0 Å². The van der Waals surface area contributed by atoms with Gasteiger partial charge in [-0.1, -0.05) is 6.07 Å². The molecule has 0 bridgehead atoms. The summed E-state index contributed by atoms with van der Waals surface area (Å²) in [6, 6.07) is 12.5. The highest BCUT2D eigenvalue weighted by molar-refractivity contribution is 5.94. The number of carbonyl (C=O) groups excluding carboxylic acids is 1. The molecule has 9 heteroatoms. The summed E-state index contributed by atoms with van der Waals surface area (Å²) in [5.74, 6) is -0.370. The van der Waals surface area contributed by atoms with Crippen molar-refractivity contribution in [3.05, 3.63) is 83.1 Å². The summed E-state index contributed by atoms with van der Waals surface area (Å²) in [6.07, 6.45) is 2.45. The minimum atomic E-state index is -1.69. The van der Waals surface area contributed by atoms with Crippen LogP contribution in [0.25, 0.3) is 22.3 Å². The number of pyridine rings is 4. The molecule has 0 aromatic carbocycles. The lowest BCUT2D eigenvalue weighted by atomic mass is 9.94. The standard InChI is InChI=1S/C26H24FN5O3/c1-15(33)20-4-3-5-21(31-20)22-7-6-16-10-28-18(9-23(16)32-22)12-30-25(34)17-8-19-24(29-11-17)13-35-14-26(19,2)27/h3-11,15,33H,12-14H2,1-2H3,(H,30,34)/t15-,26-/m1/s1. The van der Waals surface area contributed by atoms with E-state index in [1.807, 2.05) is 24.3 Å². The maximum absolute atomic E-state index is 14.8. The molecule has 1 aliphatic heterocycles. The maximum atomic E-state index is 14.8. The van der Waals surface area contributed by atoms with Gasteiger partial charge in [0.05, 0.1) is 65.4 Å². The van der Waals surface area contributed by atoms with Crippen molar-refractivity contribution in [1.29, 1.82) is 0 Å². The normalized spacial score (nSPS) is 18.2. The van der Waals surface area contributed by atoms with E-state index in [9.17, 15) is 14.3 Å². The summed E-state index contributed by atoms with van der Waals surface area (Å²) >= 11 is 0. The molecule has 1 aliphatic rings. The molecule has 0 aliphatic carbocycles. The fourth-order valence-electron chi connectivity index (χ4n) is 4.00. The molecule has 4 aromatic rings. The molecule has 8 nitrogen and oxygen atoms in total. The van der Waals surface area contributed by atoms with E-state index >= 15 is 0 Å². The Morgan fingerprint density at radius 1 is 1.17 bits per heavy atom. The van der Waals surface area contributed by atoms with Gasteiger partial charge in [0.25, 0.3) is 5.91 Å². The minimum Gasteiger partial charge on any atom is -0.387 e. The highest BCUT2D eigenvalue weighted by Gasteiger charge is 2.34. The van der Waals surface area contributed by atoms with Gasteiger partial charge in [-0.15, -0.1) is 0 Å². The van der Waals surface area contributed by atoms with Crippen LogP contribution >= 0.6 is 0 Å². The van der Waals surface area contributed by atoms with Gasteiger partial charge in [0, 0.05) is 23.3 Å². The number of ether oxygens (including phenoxy) is 1. The molecular formula is C26H24FN5O3. The van der Waals surface area contributed by atoms with E-state index in [4.69, 9.17) is 9.72 Å². The van der Waals surface area contributed by atoms with Crippen molar-refractivity contribution in [2.75, 3.05) is 6.61 Å². The largest absolute Gasteiger partial charge is 0.387 e. The molecule has 2 atom stereocenters. The zero-order valence-corrected chi connectivity index (χ0v) is 19.3. The molecular weight excluding hydrogens is 449 g/mol. The molecule has 0 unspecified atom stereocenters. The Morgan fingerprint density at radius 2 is 2.00 bits per heavy atom. The van der Waals surface area contributed by atoms with Crippen LogP contribution < -0.4 is 5.32 Å². The number of fused-ring (bicyclic) bond motifs is 2. The number of alkyl halides is 1. The number of carbonyl (C=O) groups is 1. The smallest absolute Gasteiger partial charge is 0.253 e. The van der Waals surface area contributed by atoms with Crippen LogP contribution in [0.5, 0.6) is 0 Å². The summed E-state index contributed by atoms with van der Waals surface area (Å²) < 4.78 is 20.0. The Kier molecular flexibility index (Phi) is 5.96. The van der Waals surface area contributed by atoms with Gasteiger partial charge in [0.2, 0.25) is 0 Å². The second-order valence-corrected chi connectivity index (χ2v) is 8.78. The van der Waals surface area contributed by atoms with Crippen molar-refractivity contribution in [2.24, 2.45) is 0 Å². The van der Waals surface area contributed by atoms with Crippen molar-refractivity contribution < 1.29 is 19.0 Å². The summed E-state index contributed by atoms with van der Waals surface area (Å²) in [5.41, 5.74) is 2.69. The van der Waals surface area contributed by atoms with E-state index in [2.05, 4.69) is 20.3 Å². The monoisotopic (exact) mass is 473 g/mol. The van der Waals surface area contributed by atoms with Gasteiger partial charge in [0.15, 0.2) is 5.67 Å². The summed E-state index contributed by atoms with van der Waals surface area (Å²) in [5, 5.41) is 13.5. The van der Waals surface area contributed by atoms with Crippen molar-refractivity contribution in [2.45, 2.75) is 38.8 Å². The van der Waals surface area contributed by atoms with Crippen molar-refractivity contribution in [3.8, 4) is 11.4 Å². The molecule has 5 heterocycles. The lowest BCUT2D eigenvalue weighted by molar-refractivity contribution is -0.00692. The topological polar surface area (TPSA) is 110 Å². The van der Waals surface area contributed by atoms with Crippen LogP contribution in [0.1, 0.15) is 53.0 Å². The number of nitrogens with zero attached hydrogens (tertiary/aromatic N) is 4. The Labute approximate surface area is 201 Å². The number of aliphatic hydroxyl groups excluding tert-OH is 1. The summed E-state index contributed by atoms with van der Waals surface area (Å²) in [7, 11) is 0. The van der Waals surface area contributed by atoms with E-state index in [0.29, 0.717) is 39.5 Å². The molecule has 1 amide bonds. The zero-order chi connectivity index (χ0) is 24.6. The average molecular weight is 474 g/mol. The van der Waals surface area contributed by atoms with E-state index in [1.54, 1.807) is 25.3 Å². The van der Waals surface area contributed by atoms with E-state index in [-0.39, 0.29) is 31.2 Å². The first kappa shape index (κ1) is 22.9. The first-order valence-electron chi connectivity index (χ1n) is 11.3. The molecule has 0 saturated heterocycles. The molecule has 0 radical (unpaired) electrons. The lowest BCUT2D eigenvalue weighted by Gasteiger charge is -2.28. The van der Waals surface area contributed by atoms with Crippen LogP contribution in [0, 0.1) is 0 Å². The van der Waals surface area contributed by atoms with Gasteiger partial charge in [-0.05, 0) is 50.2 Å². The summed E-state index contributed by atoms with van der Waals surface area (Å²) in [4.78, 5) is 30.5. The second-order valence-electron chi connectivity index (χ2n) is 8.78. The molecule has 5 rings (SSSR count). The van der Waals surface area contributed by atoms with Crippen LogP contribution in [0.2, 0.25) is 0 Å². The highest BCUT2D eigenvalue weighted by atomic mass is 19.1. The van der Waals surface area contributed by atoms with E-state index in [1.165, 1.54) is 19.2 Å². The number of amides is 1. The van der Waals surface area contributed by atoms with Gasteiger partial charge < -0.3 is 15.2 Å². The quantitative estimate of drug-likeness (QED) is 0.454. The fraction of sp³-hybridized carbons (Fsp3) is 0.269. The minimum absolute atomic E-state index is 0.0679. The molecule has 2 N–H and O–H groups in total. The third kappa shape index (κ3) is 4.73. The Balaban J connectivity index is 1.34. The highest BCUT2D eigenvalue weighted by Crippen LogP contribution is 2.33. The number of aliphatic hydroxyl groups is 1. The number of nitrogens with one attached hydrogen (secondary N) is 1. The van der Waals surface area contributed by atoms with Gasteiger partial charge in [-0.25, -0.2) is 14.4 Å². The van der Waals surface area contributed by atoms with Gasteiger partial charge in [0.1, 0.15) is 0 Å². The average Bonchev–Trinajstić information content (AvgIpc) is 2.86. The molecule has 35 heavy (non-hydrogen) atoms. The Morgan fingerprint density at radius 3 is 2.83 bits per heavy atom. The molecule has 178 valence electrons. The first-order valence-corrected chi connectivity index (χ1v) is 11.3. The predicted molar refractivity (Wildman–Crippen MR) is 127 cm³/mol. The Hall–Kier alpha value is -3.82. The summed E-state index contributed by atoms with van der Waals surface area (Å²) in [6.45, 7) is 3.42. The van der Waals surface area contributed by atoms with Crippen LogP contribution in [0.3, 0.4) is 0 Å². The third-order valence-corrected chi connectivity index (χ3v) is 5.93. The number of hydrogen-bond donors (Lipinski definition) is 2. The zero-order valence-electron chi connectivity index (χ0n) is 19.3. The van der Waals surface area contributed by atoms with E-state index in [0.717, 1.165) is 5.39 Å². The SMILES string of the molecule is C[C@@H](O)c1cccc(-c2ccc3cnc(CNC(=O)c4cnc5c(c4)[C@](C)(F)COC5)cc3n2)n1. The van der Waals surface area contributed by atoms with Gasteiger partial charge in [-0.2, -0.15) is 0 Å². The van der Waals surface area contributed by atoms with Crippen molar-refractivity contribution in [3.63, 3.8) is 0 Å². The molecule has 0 saturated carbocycles. The van der Waals surface area contributed by atoms with Crippen LogP contribution in [-0.4, -0.2) is 37.6 Å². The first-order chi connectivity index (χ1) is 16.8. The third-order valence-electron chi connectivity index (χ3n) is 5.93. The lowest BCUT2D eigenvalue weighted by Crippen LogP contribution is -2.31. The maximum Gasteiger partial charge on any atom is 0.253 e. The van der Waals surface area contributed by atoms with Crippen LogP contribution in [-0.2, 0) is 23.6 Å². The van der Waals surface area contributed by atoms with Crippen molar-refractivity contribution in [1.82, 2.24) is 25.3 Å². The number of rotatable bonds is 5. The Bertz CT molecular complexity index is 1420. The van der Waals surface area contributed by atoms with E-state index < -0.39 is 11.8 Å². The van der Waals surface area contributed by atoms with Crippen molar-refractivity contribution >= 4 is 16.8 Å². The predicted octanol–water partition coefficient (Wildman–Crippen LogP) is 3.79. The number of aromatic nitrogens is 4. The number of hydrogen-bond acceptors (Lipinski definition) is 7. The van der Waals surface area contributed by atoms with Gasteiger partial charge in [-0.3, -0.25) is 14.8 Å². The number of halogens is 1. The molecule has 0 spiro atoms. The van der Waals surface area contributed by atoms with Crippen LogP contribution in [0.15, 0.2) is 54.9 Å².